The predicted molar refractivity (Wildman–Crippen MR) is 69.3 cm³/mol. The van der Waals surface area contributed by atoms with Crippen molar-refractivity contribution in [3.8, 4) is 11.5 Å². The number of ether oxygens (including phenoxy) is 2. The second-order valence-corrected chi connectivity index (χ2v) is 4.48. The first-order valence-corrected chi connectivity index (χ1v) is 6.05. The Hall–Kier alpha value is -0.740. The van der Waals surface area contributed by atoms with Crippen LogP contribution in [-0.2, 0) is 0 Å². The summed E-state index contributed by atoms with van der Waals surface area (Å²) >= 11 is 3.49. The van der Waals surface area contributed by atoms with Crippen LogP contribution in [0.2, 0.25) is 0 Å². The van der Waals surface area contributed by atoms with Gasteiger partial charge >= 0.3 is 0 Å². The average Bonchev–Trinajstić information content (AvgIpc) is 2.28. The molecule has 2 N–H and O–H groups in total. The summed E-state index contributed by atoms with van der Waals surface area (Å²) in [6.07, 6.45) is 0.940. The van der Waals surface area contributed by atoms with Gasteiger partial charge in [0, 0.05) is 0 Å². The Labute approximate surface area is 105 Å². The summed E-state index contributed by atoms with van der Waals surface area (Å²) in [6, 6.07) is 3.97. The second-order valence-electron chi connectivity index (χ2n) is 3.68. The van der Waals surface area contributed by atoms with Crippen molar-refractivity contribution < 1.29 is 9.47 Å². The van der Waals surface area contributed by atoms with Crippen LogP contribution >= 0.6 is 15.9 Å². The molecule has 3 nitrogen and oxygen atoms in total. The van der Waals surface area contributed by atoms with Gasteiger partial charge in [-0.25, -0.2) is 0 Å². The van der Waals surface area contributed by atoms with Crippen molar-refractivity contribution in [3.63, 3.8) is 0 Å². The fourth-order valence-corrected chi connectivity index (χ4v) is 2.40. The molecule has 1 aromatic rings. The van der Waals surface area contributed by atoms with Crippen LogP contribution in [0, 0.1) is 0 Å². The minimum absolute atomic E-state index is 0.377. The second kappa shape index (κ2) is 6.11. The van der Waals surface area contributed by atoms with Gasteiger partial charge in [0.15, 0.2) is 0 Å². The van der Waals surface area contributed by atoms with E-state index in [0.717, 1.165) is 28.0 Å². The lowest BCUT2D eigenvalue weighted by molar-refractivity contribution is 0.383. The van der Waals surface area contributed by atoms with Crippen molar-refractivity contribution in [2.45, 2.75) is 19.3 Å². The number of nitrogens with two attached hydrogens (primary N) is 1. The molecular formula is C12H18BrNO2. The Kier molecular flexibility index (Phi) is 5.09. The first-order valence-electron chi connectivity index (χ1n) is 5.26. The number of hydrogen-bond acceptors (Lipinski definition) is 3. The summed E-state index contributed by atoms with van der Waals surface area (Å²) in [5.74, 6) is 1.99. The average molecular weight is 288 g/mol. The molecule has 1 rings (SSSR count). The van der Waals surface area contributed by atoms with Crippen LogP contribution in [0.4, 0.5) is 0 Å². The van der Waals surface area contributed by atoms with Gasteiger partial charge < -0.3 is 15.2 Å². The van der Waals surface area contributed by atoms with Gasteiger partial charge in [-0.1, -0.05) is 13.0 Å². The normalized spacial score (nSPS) is 12.3. The van der Waals surface area contributed by atoms with Gasteiger partial charge in [0.25, 0.3) is 0 Å². The number of benzene rings is 1. The molecule has 0 aliphatic carbocycles. The van der Waals surface area contributed by atoms with Crippen molar-refractivity contribution in [2.24, 2.45) is 5.73 Å². The Morgan fingerprint density at radius 3 is 2.50 bits per heavy atom. The van der Waals surface area contributed by atoms with Crippen LogP contribution in [0.1, 0.15) is 24.8 Å². The van der Waals surface area contributed by atoms with Crippen LogP contribution < -0.4 is 15.2 Å². The van der Waals surface area contributed by atoms with Crippen molar-refractivity contribution in [3.05, 3.63) is 22.2 Å². The van der Waals surface area contributed by atoms with E-state index in [2.05, 4.69) is 22.9 Å². The van der Waals surface area contributed by atoms with E-state index in [1.807, 2.05) is 12.1 Å². The number of hydrogen-bond donors (Lipinski definition) is 1. The summed E-state index contributed by atoms with van der Waals surface area (Å²) in [5.41, 5.74) is 6.73. The Morgan fingerprint density at radius 2 is 2.00 bits per heavy atom. The summed E-state index contributed by atoms with van der Waals surface area (Å²) < 4.78 is 11.5. The van der Waals surface area contributed by atoms with Crippen molar-refractivity contribution in [1.29, 1.82) is 0 Å². The zero-order valence-electron chi connectivity index (χ0n) is 9.92. The number of halogens is 1. The molecule has 0 fully saturated rings. The molecule has 1 unspecified atom stereocenters. The third-order valence-electron chi connectivity index (χ3n) is 2.65. The molecule has 1 aromatic carbocycles. The molecule has 0 heterocycles. The first-order chi connectivity index (χ1) is 7.65. The minimum atomic E-state index is 0.377. The first kappa shape index (κ1) is 13.3. The van der Waals surface area contributed by atoms with E-state index in [4.69, 9.17) is 15.2 Å². The van der Waals surface area contributed by atoms with Gasteiger partial charge in [0.2, 0.25) is 0 Å². The fourth-order valence-electron chi connectivity index (χ4n) is 1.71. The largest absolute Gasteiger partial charge is 0.495 e. The van der Waals surface area contributed by atoms with Crippen LogP contribution in [0.15, 0.2) is 16.6 Å². The highest BCUT2D eigenvalue weighted by molar-refractivity contribution is 9.10. The maximum Gasteiger partial charge on any atom is 0.140 e. The van der Waals surface area contributed by atoms with Gasteiger partial charge in [-0.3, -0.25) is 0 Å². The third-order valence-corrected chi connectivity index (χ3v) is 3.40. The standard InChI is InChI=1S/C12H18BrNO2/c1-8(6-7-14)9-4-5-10(15-2)11(13)12(9)16-3/h4-5,8H,6-7,14H2,1-3H3. The van der Waals surface area contributed by atoms with Gasteiger partial charge in [-0.15, -0.1) is 0 Å². The zero-order chi connectivity index (χ0) is 12.1. The Bertz CT molecular complexity index is 355. The molecule has 0 aliphatic rings. The quantitative estimate of drug-likeness (QED) is 0.906. The van der Waals surface area contributed by atoms with Crippen LogP contribution in [0.25, 0.3) is 0 Å². The summed E-state index contributed by atoms with van der Waals surface area (Å²) in [6.45, 7) is 2.82. The minimum Gasteiger partial charge on any atom is -0.495 e. The zero-order valence-corrected chi connectivity index (χ0v) is 11.5. The molecule has 1 atom stereocenters. The van der Waals surface area contributed by atoms with Gasteiger partial charge in [-0.05, 0) is 46.4 Å². The lowest BCUT2D eigenvalue weighted by atomic mass is 9.97. The topological polar surface area (TPSA) is 44.5 Å². The predicted octanol–water partition coefficient (Wildman–Crippen LogP) is 2.92. The molecule has 90 valence electrons. The SMILES string of the molecule is COc1ccc(C(C)CCN)c(OC)c1Br. The monoisotopic (exact) mass is 287 g/mol. The summed E-state index contributed by atoms with van der Waals surface area (Å²) in [4.78, 5) is 0. The van der Waals surface area contributed by atoms with E-state index in [1.165, 1.54) is 0 Å². The maximum atomic E-state index is 5.58. The molecule has 0 bridgehead atoms. The number of methoxy groups -OCH3 is 2. The third kappa shape index (κ3) is 2.68. The van der Waals surface area contributed by atoms with Crippen molar-refractivity contribution in [1.82, 2.24) is 0 Å². The molecule has 4 heteroatoms. The van der Waals surface area contributed by atoms with Crippen LogP contribution in [0.3, 0.4) is 0 Å². The fraction of sp³-hybridized carbons (Fsp3) is 0.500. The summed E-state index contributed by atoms with van der Waals surface area (Å²) in [5, 5.41) is 0. The maximum absolute atomic E-state index is 5.58. The van der Waals surface area contributed by atoms with E-state index in [9.17, 15) is 0 Å². The highest BCUT2D eigenvalue weighted by Crippen LogP contribution is 2.40. The lowest BCUT2D eigenvalue weighted by Crippen LogP contribution is -2.06. The highest BCUT2D eigenvalue weighted by atomic mass is 79.9. The molecule has 0 amide bonds. The van der Waals surface area contributed by atoms with Gasteiger partial charge in [0.1, 0.15) is 16.0 Å². The van der Waals surface area contributed by atoms with Crippen LogP contribution in [0.5, 0.6) is 11.5 Å². The molecule has 0 saturated heterocycles. The Balaban J connectivity index is 3.14. The molecule has 0 radical (unpaired) electrons. The molecule has 0 saturated carbocycles. The van der Waals surface area contributed by atoms with Crippen LogP contribution in [-0.4, -0.2) is 20.8 Å². The molecule has 16 heavy (non-hydrogen) atoms. The summed E-state index contributed by atoms with van der Waals surface area (Å²) in [7, 11) is 3.31. The van der Waals surface area contributed by atoms with Gasteiger partial charge in [-0.2, -0.15) is 0 Å². The lowest BCUT2D eigenvalue weighted by Gasteiger charge is -2.17. The molecule has 0 aromatic heterocycles. The molecule has 0 spiro atoms. The Morgan fingerprint density at radius 1 is 1.31 bits per heavy atom. The highest BCUT2D eigenvalue weighted by Gasteiger charge is 2.16. The van der Waals surface area contributed by atoms with E-state index in [-0.39, 0.29) is 0 Å². The van der Waals surface area contributed by atoms with E-state index >= 15 is 0 Å². The van der Waals surface area contributed by atoms with E-state index < -0.39 is 0 Å². The van der Waals surface area contributed by atoms with E-state index in [0.29, 0.717) is 12.5 Å². The van der Waals surface area contributed by atoms with E-state index in [1.54, 1.807) is 14.2 Å². The molecule has 0 aliphatic heterocycles. The number of rotatable bonds is 5. The molecular weight excluding hydrogens is 270 g/mol. The van der Waals surface area contributed by atoms with Crippen molar-refractivity contribution >= 4 is 15.9 Å². The van der Waals surface area contributed by atoms with Crippen molar-refractivity contribution in [2.75, 3.05) is 20.8 Å². The van der Waals surface area contributed by atoms with Gasteiger partial charge in [0.05, 0.1) is 14.2 Å². The smallest absolute Gasteiger partial charge is 0.140 e.